The Kier molecular flexibility index (Phi) is 2.93. The Morgan fingerprint density at radius 3 is 2.86 bits per heavy atom. The van der Waals surface area contributed by atoms with E-state index in [4.69, 9.17) is 0 Å². The lowest BCUT2D eigenvalue weighted by Crippen LogP contribution is -2.24. The van der Waals surface area contributed by atoms with Gasteiger partial charge in [0.2, 0.25) is 0 Å². The fourth-order valence-electron chi connectivity index (χ4n) is 2.06. The molecular formula is C12H18OS. The molecule has 1 saturated carbocycles. The topological polar surface area (TPSA) is 20.2 Å². The maximum atomic E-state index is 9.43. The van der Waals surface area contributed by atoms with E-state index in [0.29, 0.717) is 6.61 Å². The van der Waals surface area contributed by atoms with Gasteiger partial charge in [-0.05, 0) is 48.5 Å². The lowest BCUT2D eigenvalue weighted by Gasteiger charge is -2.26. The summed E-state index contributed by atoms with van der Waals surface area (Å²) in [5, 5.41) is 11.6. The Hall–Kier alpha value is -0.340. The minimum atomic E-state index is 0.185. The second kappa shape index (κ2) is 4.03. The number of thiophene rings is 1. The van der Waals surface area contributed by atoms with E-state index in [1.165, 1.54) is 17.7 Å². The van der Waals surface area contributed by atoms with Crippen molar-refractivity contribution in [2.24, 2.45) is 11.3 Å². The highest BCUT2D eigenvalue weighted by Crippen LogP contribution is 2.47. The molecule has 1 aliphatic carbocycles. The van der Waals surface area contributed by atoms with E-state index in [-0.39, 0.29) is 5.41 Å². The molecule has 78 valence electrons. The van der Waals surface area contributed by atoms with Crippen LogP contribution in [0, 0.1) is 11.3 Å². The van der Waals surface area contributed by atoms with E-state index in [1.54, 1.807) is 0 Å². The van der Waals surface area contributed by atoms with Crippen LogP contribution in [0.5, 0.6) is 0 Å². The van der Waals surface area contributed by atoms with Gasteiger partial charge in [-0.2, -0.15) is 0 Å². The molecule has 0 radical (unpaired) electrons. The molecule has 1 nitrogen and oxygen atoms in total. The van der Waals surface area contributed by atoms with Gasteiger partial charge in [-0.3, -0.25) is 0 Å². The van der Waals surface area contributed by atoms with E-state index in [0.717, 1.165) is 18.8 Å². The van der Waals surface area contributed by atoms with Crippen LogP contribution < -0.4 is 0 Å². The molecule has 1 aromatic rings. The van der Waals surface area contributed by atoms with Crippen LogP contribution in [0.4, 0.5) is 0 Å². The van der Waals surface area contributed by atoms with Crippen molar-refractivity contribution in [3.8, 4) is 0 Å². The molecule has 1 N–H and O–H groups in total. The second-order valence-electron chi connectivity index (χ2n) is 4.67. The van der Waals surface area contributed by atoms with Crippen molar-refractivity contribution >= 4 is 11.3 Å². The lowest BCUT2D eigenvalue weighted by molar-refractivity contribution is 0.110. The Morgan fingerprint density at radius 2 is 2.36 bits per heavy atom. The van der Waals surface area contributed by atoms with Crippen LogP contribution in [0.3, 0.4) is 0 Å². The molecule has 2 heteroatoms. The Labute approximate surface area is 89.8 Å². The van der Waals surface area contributed by atoms with Crippen molar-refractivity contribution < 1.29 is 5.11 Å². The minimum Gasteiger partial charge on any atom is -0.396 e. The Morgan fingerprint density at radius 1 is 1.57 bits per heavy atom. The highest BCUT2D eigenvalue weighted by molar-refractivity contribution is 7.09. The van der Waals surface area contributed by atoms with Crippen molar-refractivity contribution in [1.29, 1.82) is 0 Å². The molecule has 0 aliphatic heterocycles. The largest absolute Gasteiger partial charge is 0.396 e. The number of aliphatic hydroxyl groups excluding tert-OH is 1. The van der Waals surface area contributed by atoms with Gasteiger partial charge in [-0.25, -0.2) is 0 Å². The van der Waals surface area contributed by atoms with Gasteiger partial charge in [0.1, 0.15) is 0 Å². The standard InChI is InChI=1S/C12H18OS/c1-12(9-13,10-4-5-10)7-6-11-3-2-8-14-11/h2-3,8,10,13H,4-7,9H2,1H3. The normalized spacial score (nSPS) is 20.7. The van der Waals surface area contributed by atoms with Crippen LogP contribution in [-0.4, -0.2) is 11.7 Å². The monoisotopic (exact) mass is 210 g/mol. The maximum Gasteiger partial charge on any atom is 0.0487 e. The predicted octanol–water partition coefficient (Wildman–Crippen LogP) is 3.09. The van der Waals surface area contributed by atoms with Gasteiger partial charge in [-0.1, -0.05) is 13.0 Å². The summed E-state index contributed by atoms with van der Waals surface area (Å²) in [6, 6.07) is 4.29. The summed E-state index contributed by atoms with van der Waals surface area (Å²) in [7, 11) is 0. The third kappa shape index (κ3) is 2.18. The van der Waals surface area contributed by atoms with Gasteiger partial charge < -0.3 is 5.11 Å². The zero-order chi connectivity index (χ0) is 10.0. The van der Waals surface area contributed by atoms with E-state index in [1.807, 2.05) is 11.3 Å². The van der Waals surface area contributed by atoms with Crippen LogP contribution in [-0.2, 0) is 6.42 Å². The number of aliphatic hydroxyl groups is 1. The second-order valence-corrected chi connectivity index (χ2v) is 5.70. The first-order valence-corrected chi connectivity index (χ1v) is 6.26. The summed E-state index contributed by atoms with van der Waals surface area (Å²) < 4.78 is 0. The smallest absolute Gasteiger partial charge is 0.0487 e. The quantitative estimate of drug-likeness (QED) is 0.792. The van der Waals surface area contributed by atoms with Crippen molar-refractivity contribution in [1.82, 2.24) is 0 Å². The van der Waals surface area contributed by atoms with Crippen LogP contribution in [0.2, 0.25) is 0 Å². The molecule has 1 heterocycles. The number of hydrogen-bond donors (Lipinski definition) is 1. The molecular weight excluding hydrogens is 192 g/mol. The van der Waals surface area contributed by atoms with Gasteiger partial charge in [-0.15, -0.1) is 11.3 Å². The predicted molar refractivity (Wildman–Crippen MR) is 60.6 cm³/mol. The van der Waals surface area contributed by atoms with E-state index in [2.05, 4.69) is 24.4 Å². The summed E-state index contributed by atoms with van der Waals surface area (Å²) in [5.74, 6) is 0.785. The van der Waals surface area contributed by atoms with E-state index < -0.39 is 0 Å². The maximum absolute atomic E-state index is 9.43. The van der Waals surface area contributed by atoms with Crippen molar-refractivity contribution in [3.05, 3.63) is 22.4 Å². The summed E-state index contributed by atoms with van der Waals surface area (Å²) in [6.45, 7) is 2.58. The SMILES string of the molecule is CC(CO)(CCc1cccs1)C1CC1. The Bertz CT molecular complexity index is 277. The molecule has 0 saturated heterocycles. The molecule has 2 rings (SSSR count). The average Bonchev–Trinajstić information content (AvgIpc) is 2.94. The minimum absolute atomic E-state index is 0.185. The lowest BCUT2D eigenvalue weighted by atomic mass is 9.81. The van der Waals surface area contributed by atoms with Crippen LogP contribution in [0.15, 0.2) is 17.5 Å². The van der Waals surface area contributed by atoms with Crippen LogP contribution in [0.25, 0.3) is 0 Å². The van der Waals surface area contributed by atoms with Crippen molar-refractivity contribution in [3.63, 3.8) is 0 Å². The van der Waals surface area contributed by atoms with Crippen molar-refractivity contribution in [2.45, 2.75) is 32.6 Å². The fraction of sp³-hybridized carbons (Fsp3) is 0.667. The molecule has 1 fully saturated rings. The number of hydrogen-bond acceptors (Lipinski definition) is 2. The van der Waals surface area contributed by atoms with E-state index in [9.17, 15) is 5.11 Å². The number of aryl methyl sites for hydroxylation is 1. The van der Waals surface area contributed by atoms with Gasteiger partial charge in [0, 0.05) is 11.5 Å². The zero-order valence-electron chi connectivity index (χ0n) is 8.70. The molecule has 0 amide bonds. The third-order valence-corrected chi connectivity index (χ3v) is 4.38. The highest BCUT2D eigenvalue weighted by Gasteiger charge is 2.40. The molecule has 1 aromatic heterocycles. The first-order chi connectivity index (χ1) is 6.74. The Balaban J connectivity index is 1.89. The third-order valence-electron chi connectivity index (χ3n) is 3.45. The molecule has 0 spiro atoms. The van der Waals surface area contributed by atoms with Gasteiger partial charge in [0.05, 0.1) is 0 Å². The molecule has 1 atom stereocenters. The molecule has 1 unspecified atom stereocenters. The average molecular weight is 210 g/mol. The van der Waals surface area contributed by atoms with Gasteiger partial charge in [0.15, 0.2) is 0 Å². The first kappa shape index (κ1) is 10.2. The summed E-state index contributed by atoms with van der Waals surface area (Å²) in [4.78, 5) is 1.45. The summed E-state index contributed by atoms with van der Waals surface area (Å²) in [6.07, 6.45) is 4.91. The first-order valence-electron chi connectivity index (χ1n) is 5.38. The molecule has 14 heavy (non-hydrogen) atoms. The van der Waals surface area contributed by atoms with Crippen LogP contribution >= 0.6 is 11.3 Å². The molecule has 0 aromatic carbocycles. The zero-order valence-corrected chi connectivity index (χ0v) is 9.52. The molecule has 1 aliphatic rings. The van der Waals surface area contributed by atoms with E-state index >= 15 is 0 Å². The summed E-state index contributed by atoms with van der Waals surface area (Å²) >= 11 is 1.82. The van der Waals surface area contributed by atoms with Crippen molar-refractivity contribution in [2.75, 3.05) is 6.61 Å². The summed E-state index contributed by atoms with van der Waals surface area (Å²) in [5.41, 5.74) is 0.185. The fourth-order valence-corrected chi connectivity index (χ4v) is 2.77. The van der Waals surface area contributed by atoms with Crippen LogP contribution in [0.1, 0.15) is 31.1 Å². The van der Waals surface area contributed by atoms with Gasteiger partial charge in [0.25, 0.3) is 0 Å². The van der Waals surface area contributed by atoms with Gasteiger partial charge >= 0.3 is 0 Å². The number of rotatable bonds is 5. The molecule has 0 bridgehead atoms. The highest BCUT2D eigenvalue weighted by atomic mass is 32.1.